The van der Waals surface area contributed by atoms with Crippen molar-refractivity contribution in [1.82, 2.24) is 0 Å². The Labute approximate surface area is 158 Å². The lowest BCUT2D eigenvalue weighted by Gasteiger charge is -2.26. The first-order valence-corrected chi connectivity index (χ1v) is 11.4. The van der Waals surface area contributed by atoms with Gasteiger partial charge in [-0.1, -0.05) is 48.2 Å². The van der Waals surface area contributed by atoms with Crippen LogP contribution in [0.25, 0.3) is 0 Å². The highest BCUT2D eigenvalue weighted by Gasteiger charge is 2.47. The molecule has 0 amide bonds. The lowest BCUT2D eigenvalue weighted by atomic mass is 10.1. The zero-order valence-corrected chi connectivity index (χ0v) is 15.8. The standard InChI is InChI=1S/C19H20N2O3S2/c22-26(23)13-17-18(14-26)21(15-7-3-1-4-8-15)19(20-17)25-12-11-24-16-9-5-2-6-10-16/h1-10,17-18H,11-14H2/t17-,18+/m0/s1. The van der Waals surface area contributed by atoms with E-state index in [0.717, 1.165) is 22.4 Å². The predicted octanol–water partition coefficient (Wildman–Crippen LogP) is 2.84. The third kappa shape index (κ3) is 3.73. The van der Waals surface area contributed by atoms with Crippen LogP contribution in [0.2, 0.25) is 0 Å². The zero-order valence-electron chi connectivity index (χ0n) is 14.2. The molecule has 0 radical (unpaired) electrons. The number of rotatable bonds is 5. The summed E-state index contributed by atoms with van der Waals surface area (Å²) in [5, 5.41) is 0.887. The molecule has 7 heteroatoms. The molecule has 0 aliphatic carbocycles. The van der Waals surface area contributed by atoms with Gasteiger partial charge in [-0.3, -0.25) is 4.99 Å². The van der Waals surface area contributed by atoms with E-state index >= 15 is 0 Å². The summed E-state index contributed by atoms with van der Waals surface area (Å²) >= 11 is 1.62. The van der Waals surface area contributed by atoms with Crippen LogP contribution in [0.1, 0.15) is 0 Å². The largest absolute Gasteiger partial charge is 0.493 e. The van der Waals surface area contributed by atoms with Crippen molar-refractivity contribution in [2.45, 2.75) is 12.1 Å². The Hall–Kier alpha value is -1.99. The number of sulfone groups is 1. The maximum Gasteiger partial charge on any atom is 0.164 e. The number of anilines is 1. The second-order valence-corrected chi connectivity index (χ2v) is 9.55. The molecule has 2 aliphatic heterocycles. The average Bonchev–Trinajstić information content (AvgIpc) is 3.11. The van der Waals surface area contributed by atoms with Crippen molar-refractivity contribution in [3.05, 3.63) is 60.7 Å². The Balaban J connectivity index is 1.45. The van der Waals surface area contributed by atoms with Gasteiger partial charge < -0.3 is 9.64 Å². The minimum Gasteiger partial charge on any atom is -0.493 e. The van der Waals surface area contributed by atoms with Crippen molar-refractivity contribution < 1.29 is 13.2 Å². The molecule has 2 aromatic rings. The van der Waals surface area contributed by atoms with Gasteiger partial charge in [-0.05, 0) is 24.3 Å². The second kappa shape index (κ2) is 7.32. The van der Waals surface area contributed by atoms with Crippen LogP contribution in [0, 0.1) is 0 Å². The van der Waals surface area contributed by atoms with E-state index < -0.39 is 9.84 Å². The first-order chi connectivity index (χ1) is 12.6. The van der Waals surface area contributed by atoms with E-state index in [2.05, 4.69) is 4.90 Å². The van der Waals surface area contributed by atoms with Gasteiger partial charge in [0, 0.05) is 11.4 Å². The highest BCUT2D eigenvalue weighted by Crippen LogP contribution is 2.34. The van der Waals surface area contributed by atoms with Gasteiger partial charge in [-0.15, -0.1) is 0 Å². The summed E-state index contributed by atoms with van der Waals surface area (Å²) in [6.07, 6.45) is 0. The van der Waals surface area contributed by atoms with Crippen molar-refractivity contribution in [2.24, 2.45) is 4.99 Å². The molecule has 2 aliphatic rings. The van der Waals surface area contributed by atoms with E-state index in [1.807, 2.05) is 60.7 Å². The molecular formula is C19H20N2O3S2. The summed E-state index contributed by atoms with van der Waals surface area (Å²) in [5.41, 5.74) is 0.993. The maximum atomic E-state index is 12.0. The van der Waals surface area contributed by atoms with Gasteiger partial charge in [0.2, 0.25) is 0 Å². The van der Waals surface area contributed by atoms with Gasteiger partial charge in [0.25, 0.3) is 0 Å². The van der Waals surface area contributed by atoms with E-state index in [1.54, 1.807) is 11.8 Å². The van der Waals surface area contributed by atoms with Crippen molar-refractivity contribution in [3.63, 3.8) is 0 Å². The Morgan fingerprint density at radius 2 is 1.73 bits per heavy atom. The van der Waals surface area contributed by atoms with Crippen molar-refractivity contribution in [3.8, 4) is 5.75 Å². The zero-order chi connectivity index (χ0) is 18.0. The Morgan fingerprint density at radius 3 is 2.46 bits per heavy atom. The minimum atomic E-state index is -3.01. The number of thioether (sulfide) groups is 1. The highest BCUT2D eigenvalue weighted by atomic mass is 32.2. The summed E-state index contributed by atoms with van der Waals surface area (Å²) in [4.78, 5) is 6.80. The molecule has 1 saturated heterocycles. The topological polar surface area (TPSA) is 59.0 Å². The monoisotopic (exact) mass is 388 g/mol. The molecule has 0 aromatic heterocycles. The molecule has 2 heterocycles. The first-order valence-electron chi connectivity index (χ1n) is 8.55. The van der Waals surface area contributed by atoms with Crippen molar-refractivity contribution >= 4 is 32.5 Å². The molecule has 4 rings (SSSR count). The first kappa shape index (κ1) is 17.4. The fourth-order valence-electron chi connectivity index (χ4n) is 3.33. The summed E-state index contributed by atoms with van der Waals surface area (Å²) < 4.78 is 29.8. The number of ether oxygens (including phenoxy) is 1. The van der Waals surface area contributed by atoms with Gasteiger partial charge in [-0.25, -0.2) is 8.42 Å². The number of para-hydroxylation sites is 2. The van der Waals surface area contributed by atoms with Gasteiger partial charge in [0.15, 0.2) is 15.0 Å². The maximum absolute atomic E-state index is 12.0. The van der Waals surface area contributed by atoms with Crippen LogP contribution in [0.4, 0.5) is 5.69 Å². The summed E-state index contributed by atoms with van der Waals surface area (Å²) in [5.74, 6) is 1.92. The Morgan fingerprint density at radius 1 is 1.04 bits per heavy atom. The van der Waals surface area contributed by atoms with Crippen LogP contribution >= 0.6 is 11.8 Å². The van der Waals surface area contributed by atoms with E-state index in [9.17, 15) is 8.42 Å². The number of amidine groups is 1. The number of aliphatic imine (C=N–C) groups is 1. The number of benzene rings is 2. The number of nitrogens with zero attached hydrogens (tertiary/aromatic N) is 2. The van der Waals surface area contributed by atoms with Crippen molar-refractivity contribution in [1.29, 1.82) is 0 Å². The molecule has 0 spiro atoms. The van der Waals surface area contributed by atoms with E-state index in [4.69, 9.17) is 9.73 Å². The smallest absolute Gasteiger partial charge is 0.164 e. The second-order valence-electron chi connectivity index (χ2n) is 6.34. The third-order valence-corrected chi connectivity index (χ3v) is 7.10. The van der Waals surface area contributed by atoms with E-state index in [1.165, 1.54) is 0 Å². The number of hydrogen-bond donors (Lipinski definition) is 0. The minimum absolute atomic E-state index is 0.0973. The quantitative estimate of drug-likeness (QED) is 0.737. The number of hydrogen-bond acceptors (Lipinski definition) is 6. The summed E-state index contributed by atoms with van der Waals surface area (Å²) in [6.45, 7) is 0.573. The SMILES string of the molecule is O=S1(=O)C[C@@H]2N=C(SCCOc3ccccc3)N(c3ccccc3)[C@@H]2C1. The molecule has 5 nitrogen and oxygen atoms in total. The lowest BCUT2D eigenvalue weighted by Crippen LogP contribution is -2.39. The normalized spacial score (nSPS) is 23.5. The molecule has 26 heavy (non-hydrogen) atoms. The van der Waals surface area contributed by atoms with Crippen LogP contribution < -0.4 is 9.64 Å². The van der Waals surface area contributed by atoms with Crippen LogP contribution in [0.15, 0.2) is 65.7 Å². The molecule has 0 bridgehead atoms. The van der Waals surface area contributed by atoms with Gasteiger partial charge >= 0.3 is 0 Å². The summed E-state index contributed by atoms with van der Waals surface area (Å²) in [7, 11) is -3.01. The van der Waals surface area contributed by atoms with Crippen molar-refractivity contribution in [2.75, 3.05) is 28.8 Å². The fraction of sp³-hybridized carbons (Fsp3) is 0.316. The van der Waals surface area contributed by atoms with Gasteiger partial charge in [0.1, 0.15) is 5.75 Å². The molecule has 1 fully saturated rings. The van der Waals surface area contributed by atoms with Crippen LogP contribution in [0.3, 0.4) is 0 Å². The third-order valence-electron chi connectivity index (χ3n) is 4.47. The Kier molecular flexibility index (Phi) is 4.91. The van der Waals surface area contributed by atoms with Crippen LogP contribution in [-0.4, -0.2) is 49.5 Å². The van der Waals surface area contributed by atoms with Crippen LogP contribution in [0.5, 0.6) is 5.75 Å². The van der Waals surface area contributed by atoms with Crippen LogP contribution in [-0.2, 0) is 9.84 Å². The molecule has 0 N–H and O–H groups in total. The predicted molar refractivity (Wildman–Crippen MR) is 107 cm³/mol. The fourth-order valence-corrected chi connectivity index (χ4v) is 6.12. The molecular weight excluding hydrogens is 368 g/mol. The van der Waals surface area contributed by atoms with Gasteiger partial charge in [-0.2, -0.15) is 0 Å². The highest BCUT2D eigenvalue weighted by molar-refractivity contribution is 8.14. The molecule has 0 unspecified atom stereocenters. The molecule has 2 atom stereocenters. The Bertz CT molecular complexity index is 886. The average molecular weight is 389 g/mol. The molecule has 2 aromatic carbocycles. The van der Waals surface area contributed by atoms with Gasteiger partial charge in [0.05, 0.1) is 30.2 Å². The van der Waals surface area contributed by atoms with E-state index in [0.29, 0.717) is 6.61 Å². The number of fused-ring (bicyclic) bond motifs is 1. The van der Waals surface area contributed by atoms with E-state index in [-0.39, 0.29) is 23.6 Å². The molecule has 136 valence electrons. The molecule has 0 saturated carbocycles. The summed E-state index contributed by atoms with van der Waals surface area (Å²) in [6, 6.07) is 19.3. The lowest BCUT2D eigenvalue weighted by molar-refractivity contribution is 0.344.